The number of carbonyl (C=O) groups excluding carboxylic acids is 2. The number of hydrogen-bond acceptors (Lipinski definition) is 3. The molecule has 2 aromatic heterocycles. The first-order valence-corrected chi connectivity index (χ1v) is 7.98. The molecule has 0 aromatic carbocycles. The summed E-state index contributed by atoms with van der Waals surface area (Å²) in [5.74, 6) is -0.936. The van der Waals surface area contributed by atoms with E-state index in [2.05, 4.69) is 10.3 Å². The number of rotatable bonds is 1. The molecular weight excluding hydrogens is 323 g/mol. The summed E-state index contributed by atoms with van der Waals surface area (Å²) < 4.78 is 15.1. The number of nitrogens with one attached hydrogen (secondary N) is 1. The van der Waals surface area contributed by atoms with Gasteiger partial charge in [-0.3, -0.25) is 9.59 Å². The summed E-state index contributed by atoms with van der Waals surface area (Å²) in [4.78, 5) is 29.6. The predicted octanol–water partition coefficient (Wildman–Crippen LogP) is 0.568. The van der Waals surface area contributed by atoms with E-state index in [0.717, 1.165) is 22.4 Å². The van der Waals surface area contributed by atoms with E-state index in [1.165, 1.54) is 18.3 Å². The van der Waals surface area contributed by atoms with Gasteiger partial charge in [-0.05, 0) is 18.6 Å². The summed E-state index contributed by atoms with van der Waals surface area (Å²) in [6.07, 6.45) is 5.48. The Morgan fingerprint density at radius 2 is 2.12 bits per heavy atom. The minimum atomic E-state index is -0.531. The van der Waals surface area contributed by atoms with Gasteiger partial charge in [0, 0.05) is 36.0 Å². The molecule has 126 valence electrons. The fraction of sp³-hybridized carbons (Fsp3) is 0.222. The molecule has 2 aliphatic heterocycles. The summed E-state index contributed by atoms with van der Waals surface area (Å²) in [5, 5.41) is 2.58. The molecule has 2 aromatic rings. The largest absolute Gasteiger partial charge is 0.343 e. The van der Waals surface area contributed by atoms with Crippen LogP contribution < -0.4 is 9.88 Å². The number of fused-ring (bicyclic) bond motifs is 3. The quantitative estimate of drug-likeness (QED) is 0.610. The van der Waals surface area contributed by atoms with Crippen molar-refractivity contribution in [2.24, 2.45) is 7.05 Å². The van der Waals surface area contributed by atoms with Gasteiger partial charge in [0.15, 0.2) is 6.20 Å². The number of carbonyl (C=O) groups is 2. The van der Waals surface area contributed by atoms with Crippen molar-refractivity contribution in [3.05, 3.63) is 53.7 Å². The number of pyridine rings is 2. The van der Waals surface area contributed by atoms with Crippen LogP contribution in [0, 0.1) is 5.95 Å². The predicted molar refractivity (Wildman–Crippen MR) is 87.2 cm³/mol. The molecule has 1 N–H and O–H groups in total. The highest BCUT2D eigenvalue weighted by Gasteiger charge is 2.33. The molecule has 0 aliphatic carbocycles. The summed E-state index contributed by atoms with van der Waals surface area (Å²) in [7, 11) is 1.91. The first-order chi connectivity index (χ1) is 12.0. The van der Waals surface area contributed by atoms with Crippen LogP contribution in [-0.4, -0.2) is 34.8 Å². The van der Waals surface area contributed by atoms with Crippen molar-refractivity contribution < 1.29 is 18.5 Å². The van der Waals surface area contributed by atoms with Gasteiger partial charge < -0.3 is 10.2 Å². The summed E-state index contributed by atoms with van der Waals surface area (Å²) in [5.41, 5.74) is 4.16. The lowest BCUT2D eigenvalue weighted by Gasteiger charge is -2.30. The molecular formula is C18H16FN4O2+. The van der Waals surface area contributed by atoms with E-state index >= 15 is 0 Å². The summed E-state index contributed by atoms with van der Waals surface area (Å²) in [6, 6.07) is 4.91. The van der Waals surface area contributed by atoms with Gasteiger partial charge in [-0.25, -0.2) is 9.55 Å². The van der Waals surface area contributed by atoms with E-state index in [9.17, 15) is 14.0 Å². The van der Waals surface area contributed by atoms with Gasteiger partial charge in [-0.15, -0.1) is 0 Å². The summed E-state index contributed by atoms with van der Waals surface area (Å²) in [6.45, 7) is 0.502. The first kappa shape index (κ1) is 15.4. The van der Waals surface area contributed by atoms with E-state index in [0.29, 0.717) is 18.7 Å². The maximum Gasteiger partial charge on any atom is 0.246 e. The molecule has 0 saturated carbocycles. The van der Waals surface area contributed by atoms with Crippen LogP contribution in [0.25, 0.3) is 17.0 Å². The van der Waals surface area contributed by atoms with E-state index in [-0.39, 0.29) is 18.4 Å². The van der Waals surface area contributed by atoms with Crippen molar-refractivity contribution in [3.8, 4) is 11.3 Å². The number of aryl methyl sites for hydroxylation is 1. The number of amides is 2. The number of aromatic nitrogens is 2. The van der Waals surface area contributed by atoms with Gasteiger partial charge in [0.1, 0.15) is 7.05 Å². The van der Waals surface area contributed by atoms with Crippen LogP contribution in [0.3, 0.4) is 0 Å². The lowest BCUT2D eigenvalue weighted by Crippen LogP contribution is -2.40. The van der Waals surface area contributed by atoms with Gasteiger partial charge >= 0.3 is 0 Å². The topological polar surface area (TPSA) is 66.2 Å². The maximum atomic E-state index is 13.2. The second-order valence-corrected chi connectivity index (χ2v) is 6.08. The van der Waals surface area contributed by atoms with Crippen molar-refractivity contribution in [3.63, 3.8) is 0 Å². The van der Waals surface area contributed by atoms with Gasteiger partial charge in [-0.2, -0.15) is 4.39 Å². The van der Waals surface area contributed by atoms with Crippen molar-refractivity contribution in [2.75, 3.05) is 13.1 Å². The van der Waals surface area contributed by atoms with Crippen molar-refractivity contribution in [2.45, 2.75) is 6.42 Å². The Bertz CT molecular complexity index is 921. The van der Waals surface area contributed by atoms with Crippen LogP contribution >= 0.6 is 0 Å². The molecule has 0 spiro atoms. The fourth-order valence-electron chi connectivity index (χ4n) is 3.43. The first-order valence-electron chi connectivity index (χ1n) is 7.98. The van der Waals surface area contributed by atoms with E-state index < -0.39 is 5.95 Å². The van der Waals surface area contributed by atoms with Gasteiger partial charge in [0.25, 0.3) is 0 Å². The average Bonchev–Trinajstić information content (AvgIpc) is 2.74. The molecule has 2 amide bonds. The van der Waals surface area contributed by atoms with Gasteiger partial charge in [0.05, 0.1) is 17.8 Å². The average molecular weight is 339 g/mol. The molecule has 4 heterocycles. The number of hydrogen-bond donors (Lipinski definition) is 1. The fourth-order valence-corrected chi connectivity index (χ4v) is 3.43. The van der Waals surface area contributed by atoms with Crippen LogP contribution in [0.1, 0.15) is 11.1 Å². The maximum absolute atomic E-state index is 13.2. The van der Waals surface area contributed by atoms with E-state index in [1.807, 2.05) is 23.9 Å². The van der Waals surface area contributed by atoms with E-state index in [1.54, 1.807) is 11.0 Å². The minimum absolute atomic E-state index is 0.00349. The molecule has 2 aliphatic rings. The number of halogens is 1. The molecule has 0 bridgehead atoms. The zero-order valence-electron chi connectivity index (χ0n) is 13.6. The van der Waals surface area contributed by atoms with Gasteiger partial charge in [0.2, 0.25) is 23.5 Å². The zero-order chi connectivity index (χ0) is 17.6. The zero-order valence-corrected chi connectivity index (χ0v) is 13.6. The lowest BCUT2D eigenvalue weighted by molar-refractivity contribution is -0.660. The van der Waals surface area contributed by atoms with Crippen molar-refractivity contribution in [1.82, 2.24) is 15.2 Å². The lowest BCUT2D eigenvalue weighted by atomic mass is 9.92. The molecule has 0 saturated heterocycles. The van der Waals surface area contributed by atoms with Crippen LogP contribution in [-0.2, 0) is 23.1 Å². The Balaban J connectivity index is 1.92. The van der Waals surface area contributed by atoms with E-state index in [4.69, 9.17) is 0 Å². The van der Waals surface area contributed by atoms with Crippen molar-refractivity contribution in [1.29, 1.82) is 0 Å². The molecule has 4 rings (SSSR count). The third-order valence-electron chi connectivity index (χ3n) is 4.56. The molecule has 6 nitrogen and oxygen atoms in total. The Labute approximate surface area is 143 Å². The molecule has 0 fully saturated rings. The normalized spacial score (nSPS) is 16.6. The second kappa shape index (κ2) is 5.77. The monoisotopic (exact) mass is 339 g/mol. The molecule has 0 unspecified atom stereocenters. The highest BCUT2D eigenvalue weighted by Crippen LogP contribution is 2.33. The number of nitrogens with zero attached hydrogens (tertiary/aromatic N) is 3. The Kier molecular flexibility index (Phi) is 3.56. The third kappa shape index (κ3) is 2.57. The SMILES string of the molecule is C[n+]1ccc2c(c1-c1ccc(F)nc1)CCN1C(=O)CNC(=O)C=C21. The Morgan fingerprint density at radius 3 is 2.88 bits per heavy atom. The highest BCUT2D eigenvalue weighted by atomic mass is 19.1. The second-order valence-electron chi connectivity index (χ2n) is 6.08. The molecule has 0 atom stereocenters. The van der Waals surface area contributed by atoms with Gasteiger partial charge in [-0.1, -0.05) is 0 Å². The smallest absolute Gasteiger partial charge is 0.246 e. The summed E-state index contributed by atoms with van der Waals surface area (Å²) >= 11 is 0. The standard InChI is InChI=1S/C18H15FN4O2/c1-22-6-4-12-13(18(22)11-2-3-15(19)20-9-11)5-7-23-14(12)8-16(24)21-10-17(23)25/h2-4,6,8-9H,5,7,10H2,1H3/p+1. The molecule has 7 heteroatoms. The Hall–Kier alpha value is -3.09. The van der Waals surface area contributed by atoms with Crippen LogP contribution in [0.4, 0.5) is 4.39 Å². The van der Waals surface area contributed by atoms with Crippen LogP contribution in [0.15, 0.2) is 36.7 Å². The van der Waals surface area contributed by atoms with Crippen LogP contribution in [0.2, 0.25) is 0 Å². The van der Waals surface area contributed by atoms with Crippen LogP contribution in [0.5, 0.6) is 0 Å². The molecule has 0 radical (unpaired) electrons. The minimum Gasteiger partial charge on any atom is -0.343 e. The third-order valence-corrected chi connectivity index (χ3v) is 4.56. The van der Waals surface area contributed by atoms with Crippen molar-refractivity contribution >= 4 is 17.5 Å². The Morgan fingerprint density at radius 1 is 1.28 bits per heavy atom. The highest BCUT2D eigenvalue weighted by molar-refractivity contribution is 6.04. The molecule has 25 heavy (non-hydrogen) atoms.